The molecule has 1 aromatic rings. The SMILES string of the molecule is COc1cc(CNC(C)(C)CO)cc([N+](=O)[O-])c1. The highest BCUT2D eigenvalue weighted by atomic mass is 16.6. The molecule has 0 aliphatic heterocycles. The second-order valence-corrected chi connectivity index (χ2v) is 4.69. The highest BCUT2D eigenvalue weighted by molar-refractivity contribution is 5.42. The van der Waals surface area contributed by atoms with E-state index in [0.717, 1.165) is 5.56 Å². The fourth-order valence-corrected chi connectivity index (χ4v) is 1.37. The Morgan fingerprint density at radius 3 is 2.61 bits per heavy atom. The lowest BCUT2D eigenvalue weighted by molar-refractivity contribution is -0.385. The third-order valence-corrected chi connectivity index (χ3v) is 2.56. The minimum atomic E-state index is -0.455. The Morgan fingerprint density at radius 1 is 1.44 bits per heavy atom. The van der Waals surface area contributed by atoms with Crippen molar-refractivity contribution in [2.24, 2.45) is 0 Å². The molecule has 0 saturated heterocycles. The summed E-state index contributed by atoms with van der Waals surface area (Å²) in [7, 11) is 1.47. The number of nitro benzene ring substituents is 1. The van der Waals surface area contributed by atoms with E-state index in [1.165, 1.54) is 19.2 Å². The smallest absolute Gasteiger partial charge is 0.273 e. The molecule has 0 aliphatic rings. The van der Waals surface area contributed by atoms with Gasteiger partial charge in [0.1, 0.15) is 5.75 Å². The van der Waals surface area contributed by atoms with Crippen molar-refractivity contribution in [1.29, 1.82) is 0 Å². The highest BCUT2D eigenvalue weighted by Crippen LogP contribution is 2.22. The van der Waals surface area contributed by atoms with Gasteiger partial charge in [0.05, 0.1) is 24.7 Å². The van der Waals surface area contributed by atoms with E-state index in [0.29, 0.717) is 12.3 Å². The maximum absolute atomic E-state index is 10.8. The number of ether oxygens (including phenoxy) is 1. The number of nitro groups is 1. The molecule has 0 fully saturated rings. The summed E-state index contributed by atoms with van der Waals surface area (Å²) in [6.45, 7) is 4.10. The number of aliphatic hydroxyl groups excluding tert-OH is 1. The second-order valence-electron chi connectivity index (χ2n) is 4.69. The fraction of sp³-hybridized carbons (Fsp3) is 0.500. The first-order chi connectivity index (χ1) is 8.38. The molecule has 0 atom stereocenters. The summed E-state index contributed by atoms with van der Waals surface area (Å²) < 4.78 is 5.02. The third-order valence-electron chi connectivity index (χ3n) is 2.56. The average molecular weight is 254 g/mol. The predicted octanol–water partition coefficient (Wildman–Crippen LogP) is 1.46. The van der Waals surface area contributed by atoms with Gasteiger partial charge in [-0.1, -0.05) is 0 Å². The molecule has 1 rings (SSSR count). The molecular weight excluding hydrogens is 236 g/mol. The molecule has 0 amide bonds. The van der Waals surface area contributed by atoms with Crippen LogP contribution in [-0.4, -0.2) is 29.3 Å². The van der Waals surface area contributed by atoms with Gasteiger partial charge in [0.15, 0.2) is 0 Å². The van der Waals surface area contributed by atoms with Gasteiger partial charge in [-0.2, -0.15) is 0 Å². The van der Waals surface area contributed by atoms with Crippen LogP contribution in [0.4, 0.5) is 5.69 Å². The quantitative estimate of drug-likeness (QED) is 0.593. The summed E-state index contributed by atoms with van der Waals surface area (Å²) in [5.74, 6) is 0.447. The topological polar surface area (TPSA) is 84.6 Å². The second kappa shape index (κ2) is 5.79. The van der Waals surface area contributed by atoms with Crippen LogP contribution in [0.5, 0.6) is 5.75 Å². The number of nitrogens with zero attached hydrogens (tertiary/aromatic N) is 1. The van der Waals surface area contributed by atoms with E-state index in [9.17, 15) is 10.1 Å². The van der Waals surface area contributed by atoms with Gasteiger partial charge in [0, 0.05) is 18.2 Å². The van der Waals surface area contributed by atoms with Gasteiger partial charge in [-0.25, -0.2) is 0 Å². The first-order valence-electron chi connectivity index (χ1n) is 5.56. The zero-order valence-electron chi connectivity index (χ0n) is 10.8. The number of non-ortho nitro benzene ring substituents is 1. The zero-order valence-corrected chi connectivity index (χ0v) is 10.8. The summed E-state index contributed by atoms with van der Waals surface area (Å²) >= 11 is 0. The predicted molar refractivity (Wildman–Crippen MR) is 67.7 cm³/mol. The van der Waals surface area contributed by atoms with Gasteiger partial charge in [-0.05, 0) is 25.5 Å². The van der Waals surface area contributed by atoms with Gasteiger partial charge in [-0.15, -0.1) is 0 Å². The normalized spacial score (nSPS) is 11.3. The van der Waals surface area contributed by atoms with E-state index in [4.69, 9.17) is 9.84 Å². The van der Waals surface area contributed by atoms with Crippen molar-refractivity contribution in [2.75, 3.05) is 13.7 Å². The summed E-state index contributed by atoms with van der Waals surface area (Å²) in [6.07, 6.45) is 0. The Morgan fingerprint density at radius 2 is 2.11 bits per heavy atom. The van der Waals surface area contributed by atoms with Crippen LogP contribution in [0.15, 0.2) is 18.2 Å². The van der Waals surface area contributed by atoms with Crippen LogP contribution in [0.25, 0.3) is 0 Å². The Balaban J connectivity index is 2.88. The minimum Gasteiger partial charge on any atom is -0.496 e. The van der Waals surface area contributed by atoms with Crippen LogP contribution >= 0.6 is 0 Å². The molecule has 0 unspecified atom stereocenters. The van der Waals surface area contributed by atoms with Crippen molar-refractivity contribution in [3.63, 3.8) is 0 Å². The lowest BCUT2D eigenvalue weighted by Crippen LogP contribution is -2.42. The van der Waals surface area contributed by atoms with Crippen molar-refractivity contribution in [3.05, 3.63) is 33.9 Å². The van der Waals surface area contributed by atoms with Gasteiger partial charge >= 0.3 is 0 Å². The molecule has 0 radical (unpaired) electrons. The number of methoxy groups -OCH3 is 1. The van der Waals surface area contributed by atoms with Crippen molar-refractivity contribution in [1.82, 2.24) is 5.32 Å². The fourth-order valence-electron chi connectivity index (χ4n) is 1.37. The van der Waals surface area contributed by atoms with Crippen LogP contribution < -0.4 is 10.1 Å². The Hall–Kier alpha value is -1.66. The maximum atomic E-state index is 10.8. The van der Waals surface area contributed by atoms with Crippen LogP contribution in [0.2, 0.25) is 0 Å². The van der Waals surface area contributed by atoms with Gasteiger partial charge in [0.2, 0.25) is 0 Å². The first-order valence-corrected chi connectivity index (χ1v) is 5.56. The first kappa shape index (κ1) is 14.4. The number of rotatable bonds is 6. The summed E-state index contributed by atoms with van der Waals surface area (Å²) in [4.78, 5) is 10.3. The molecule has 6 heteroatoms. The molecule has 0 bridgehead atoms. The highest BCUT2D eigenvalue weighted by Gasteiger charge is 2.16. The van der Waals surface area contributed by atoms with Crippen LogP contribution in [-0.2, 0) is 6.54 Å². The van der Waals surface area contributed by atoms with Crippen molar-refractivity contribution >= 4 is 5.69 Å². The Kier molecular flexibility index (Phi) is 4.63. The van der Waals surface area contributed by atoms with Crippen molar-refractivity contribution in [2.45, 2.75) is 25.9 Å². The summed E-state index contributed by atoms with van der Waals surface area (Å²) in [6, 6.07) is 4.59. The average Bonchev–Trinajstić information content (AvgIpc) is 2.36. The van der Waals surface area contributed by atoms with Gasteiger partial charge in [-0.3, -0.25) is 10.1 Å². The molecular formula is C12H18N2O4. The summed E-state index contributed by atoms with van der Waals surface area (Å²) in [5.41, 5.74) is 0.299. The molecule has 0 heterocycles. The molecule has 100 valence electrons. The number of nitrogens with one attached hydrogen (secondary N) is 1. The van der Waals surface area contributed by atoms with E-state index < -0.39 is 10.5 Å². The largest absolute Gasteiger partial charge is 0.496 e. The molecule has 0 spiro atoms. The third kappa shape index (κ3) is 3.97. The molecule has 1 aromatic carbocycles. The van der Waals surface area contributed by atoms with E-state index in [1.54, 1.807) is 6.07 Å². The van der Waals surface area contributed by atoms with Crippen molar-refractivity contribution in [3.8, 4) is 5.75 Å². The number of benzene rings is 1. The van der Waals surface area contributed by atoms with E-state index >= 15 is 0 Å². The molecule has 6 nitrogen and oxygen atoms in total. The standard InChI is InChI=1S/C12H18N2O4/c1-12(2,8-15)13-7-9-4-10(14(16)17)6-11(5-9)18-3/h4-6,13,15H,7-8H2,1-3H3. The van der Waals surface area contributed by atoms with E-state index in [-0.39, 0.29) is 12.3 Å². The molecule has 18 heavy (non-hydrogen) atoms. The minimum absolute atomic E-state index is 0.00652. The molecule has 0 aromatic heterocycles. The lowest BCUT2D eigenvalue weighted by atomic mass is 10.1. The number of aliphatic hydroxyl groups is 1. The molecule has 2 N–H and O–H groups in total. The molecule has 0 aliphatic carbocycles. The Labute approximate surface area is 106 Å². The number of hydrogen-bond acceptors (Lipinski definition) is 5. The van der Waals surface area contributed by atoms with Gasteiger partial charge < -0.3 is 15.2 Å². The monoisotopic (exact) mass is 254 g/mol. The van der Waals surface area contributed by atoms with Crippen LogP contribution in [0.1, 0.15) is 19.4 Å². The Bertz CT molecular complexity index is 432. The van der Waals surface area contributed by atoms with Crippen LogP contribution in [0.3, 0.4) is 0 Å². The van der Waals surface area contributed by atoms with E-state index in [2.05, 4.69) is 5.32 Å². The molecule has 0 saturated carbocycles. The van der Waals surface area contributed by atoms with Crippen molar-refractivity contribution < 1.29 is 14.8 Å². The van der Waals surface area contributed by atoms with Gasteiger partial charge in [0.25, 0.3) is 5.69 Å². The maximum Gasteiger partial charge on any atom is 0.273 e. The summed E-state index contributed by atoms with van der Waals surface area (Å²) in [5, 5.41) is 23.0. The zero-order chi connectivity index (χ0) is 13.8. The lowest BCUT2D eigenvalue weighted by Gasteiger charge is -2.23. The number of hydrogen-bond donors (Lipinski definition) is 2. The van der Waals surface area contributed by atoms with Crippen LogP contribution in [0, 0.1) is 10.1 Å². The van der Waals surface area contributed by atoms with E-state index in [1.807, 2.05) is 13.8 Å².